The number of nitrogens with zero attached hydrogens (tertiary/aromatic N) is 3. The molecule has 1 heterocycles. The van der Waals surface area contributed by atoms with E-state index in [1.54, 1.807) is 0 Å². The zero-order chi connectivity index (χ0) is 12.4. The largest absolute Gasteiger partial charge is 0.396 e. The van der Waals surface area contributed by atoms with Crippen LogP contribution in [0.4, 0.5) is 0 Å². The fourth-order valence-corrected chi connectivity index (χ4v) is 2.11. The van der Waals surface area contributed by atoms with Crippen molar-refractivity contribution in [3.8, 4) is 0 Å². The lowest BCUT2D eigenvalue weighted by atomic mass is 9.81. The molecular weight excluding hydrogens is 220 g/mol. The second kappa shape index (κ2) is 4.83. The first-order valence-corrected chi connectivity index (χ1v) is 5.89. The lowest BCUT2D eigenvalue weighted by Crippen LogP contribution is -2.29. The molecule has 0 aliphatic heterocycles. The second-order valence-electron chi connectivity index (χ2n) is 4.72. The maximum atomic E-state index is 10.9. The first-order chi connectivity index (χ1) is 8.10. The molecule has 17 heavy (non-hydrogen) atoms. The molecule has 1 aliphatic rings. The summed E-state index contributed by atoms with van der Waals surface area (Å²) in [4.78, 5) is 10.9. The molecule has 1 unspecified atom stereocenters. The average molecular weight is 238 g/mol. The van der Waals surface area contributed by atoms with Crippen molar-refractivity contribution in [2.75, 3.05) is 6.61 Å². The molecule has 1 fully saturated rings. The molecule has 0 spiro atoms. The normalized spacial score (nSPS) is 25.1. The van der Waals surface area contributed by atoms with E-state index < -0.39 is 0 Å². The van der Waals surface area contributed by atoms with Crippen LogP contribution < -0.4 is 5.32 Å². The Balaban J connectivity index is 1.94. The van der Waals surface area contributed by atoms with Crippen LogP contribution in [0.25, 0.3) is 0 Å². The molecule has 0 bridgehead atoms. The lowest BCUT2D eigenvalue weighted by Gasteiger charge is -2.33. The Labute approximate surface area is 100 Å². The Morgan fingerprint density at radius 1 is 1.71 bits per heavy atom. The van der Waals surface area contributed by atoms with Crippen LogP contribution in [-0.2, 0) is 4.79 Å². The van der Waals surface area contributed by atoms with Crippen molar-refractivity contribution in [2.24, 2.45) is 5.92 Å². The fraction of sp³-hybridized carbons (Fsp3) is 0.727. The summed E-state index contributed by atoms with van der Waals surface area (Å²) in [5, 5.41) is 19.9. The quantitative estimate of drug-likeness (QED) is 0.796. The van der Waals surface area contributed by atoms with E-state index in [1.165, 1.54) is 6.92 Å². The predicted octanol–water partition coefficient (Wildman–Crippen LogP) is 0.419. The van der Waals surface area contributed by atoms with E-state index in [-0.39, 0.29) is 18.6 Å². The van der Waals surface area contributed by atoms with Crippen LogP contribution in [0.15, 0.2) is 6.20 Å². The molecule has 6 nitrogen and oxygen atoms in total. The Hall–Kier alpha value is -1.43. The number of rotatable bonds is 4. The van der Waals surface area contributed by atoms with Gasteiger partial charge in [-0.05, 0) is 25.7 Å². The van der Waals surface area contributed by atoms with Gasteiger partial charge in [0.2, 0.25) is 5.91 Å². The van der Waals surface area contributed by atoms with Gasteiger partial charge in [-0.25, -0.2) is 4.68 Å². The van der Waals surface area contributed by atoms with Gasteiger partial charge in [0.1, 0.15) is 5.69 Å². The molecule has 6 heteroatoms. The summed E-state index contributed by atoms with van der Waals surface area (Å²) in [6.07, 6.45) is 3.78. The highest BCUT2D eigenvalue weighted by Crippen LogP contribution is 2.36. The minimum Gasteiger partial charge on any atom is -0.396 e. The summed E-state index contributed by atoms with van der Waals surface area (Å²) < 4.78 is 1.83. The van der Waals surface area contributed by atoms with E-state index in [0.717, 1.165) is 18.5 Å². The monoisotopic (exact) mass is 238 g/mol. The molecule has 1 atom stereocenters. The van der Waals surface area contributed by atoms with Crippen molar-refractivity contribution >= 4 is 5.91 Å². The van der Waals surface area contributed by atoms with Gasteiger partial charge < -0.3 is 10.4 Å². The van der Waals surface area contributed by atoms with Crippen LogP contribution in [0.5, 0.6) is 0 Å². The summed E-state index contributed by atoms with van der Waals surface area (Å²) in [6, 6.07) is 0.230. The topological polar surface area (TPSA) is 80.0 Å². The van der Waals surface area contributed by atoms with E-state index in [9.17, 15) is 4.79 Å². The summed E-state index contributed by atoms with van der Waals surface area (Å²) in [5.41, 5.74) is 0.771. The van der Waals surface area contributed by atoms with Gasteiger partial charge >= 0.3 is 0 Å². The number of aromatic nitrogens is 3. The molecule has 1 amide bonds. The van der Waals surface area contributed by atoms with Gasteiger partial charge in [-0.2, -0.15) is 0 Å². The molecule has 2 N–H and O–H groups in total. The van der Waals surface area contributed by atoms with E-state index >= 15 is 0 Å². The van der Waals surface area contributed by atoms with Crippen molar-refractivity contribution in [3.63, 3.8) is 0 Å². The van der Waals surface area contributed by atoms with Gasteiger partial charge in [0.05, 0.1) is 18.3 Å². The van der Waals surface area contributed by atoms with Gasteiger partial charge in [-0.1, -0.05) is 5.21 Å². The fourth-order valence-electron chi connectivity index (χ4n) is 2.11. The van der Waals surface area contributed by atoms with Crippen LogP contribution in [0.1, 0.15) is 44.5 Å². The number of aliphatic hydroxyl groups is 1. The number of amides is 1. The maximum Gasteiger partial charge on any atom is 0.217 e. The van der Waals surface area contributed by atoms with Gasteiger partial charge in [-0.15, -0.1) is 5.10 Å². The molecule has 1 aliphatic carbocycles. The summed E-state index contributed by atoms with van der Waals surface area (Å²) in [6.45, 7) is 3.62. The summed E-state index contributed by atoms with van der Waals surface area (Å²) in [7, 11) is 0. The summed E-state index contributed by atoms with van der Waals surface area (Å²) >= 11 is 0. The van der Waals surface area contributed by atoms with Gasteiger partial charge in [0, 0.05) is 13.5 Å². The van der Waals surface area contributed by atoms with Gasteiger partial charge in [-0.3, -0.25) is 4.79 Å². The third-order valence-corrected chi connectivity index (χ3v) is 3.23. The van der Waals surface area contributed by atoms with E-state index in [4.69, 9.17) is 5.11 Å². The highest BCUT2D eigenvalue weighted by molar-refractivity contribution is 5.73. The Morgan fingerprint density at radius 2 is 2.41 bits per heavy atom. The van der Waals surface area contributed by atoms with Crippen LogP contribution in [0.2, 0.25) is 0 Å². The van der Waals surface area contributed by atoms with Crippen LogP contribution in [0, 0.1) is 5.92 Å². The van der Waals surface area contributed by atoms with Crippen molar-refractivity contribution < 1.29 is 9.90 Å². The number of hydrogen-bond donors (Lipinski definition) is 2. The minimum atomic E-state index is -0.116. The zero-order valence-electron chi connectivity index (χ0n) is 10.1. The van der Waals surface area contributed by atoms with Crippen LogP contribution in [-0.4, -0.2) is 32.6 Å². The predicted molar refractivity (Wildman–Crippen MR) is 61.1 cm³/mol. The van der Waals surface area contributed by atoms with Crippen molar-refractivity contribution in [2.45, 2.75) is 38.8 Å². The van der Waals surface area contributed by atoms with Crippen molar-refractivity contribution in [3.05, 3.63) is 11.9 Å². The Bertz CT molecular complexity index is 398. The minimum absolute atomic E-state index is 0.0731. The third kappa shape index (κ3) is 2.63. The van der Waals surface area contributed by atoms with Gasteiger partial charge in [0.25, 0.3) is 0 Å². The van der Waals surface area contributed by atoms with Gasteiger partial charge in [0.15, 0.2) is 0 Å². The molecule has 1 aromatic heterocycles. The van der Waals surface area contributed by atoms with Crippen LogP contribution >= 0.6 is 0 Å². The maximum absolute atomic E-state index is 10.9. The molecule has 0 saturated heterocycles. The number of carbonyl (C=O) groups is 1. The first kappa shape index (κ1) is 12.0. The Kier molecular flexibility index (Phi) is 3.42. The number of carbonyl (C=O) groups excluding carboxylic acids is 1. The lowest BCUT2D eigenvalue weighted by molar-refractivity contribution is -0.119. The standard InChI is InChI=1S/C11H18N4O2/c1-7(12-8(2)17)11-5-15(14-13-11)10-3-9(4-10)6-16/h5,7,9-10,16H,3-4,6H2,1-2H3,(H,12,17). The molecular formula is C11H18N4O2. The van der Waals surface area contributed by atoms with E-state index in [2.05, 4.69) is 15.6 Å². The SMILES string of the molecule is CC(=O)NC(C)c1cn(C2CC(CO)C2)nn1. The third-order valence-electron chi connectivity index (χ3n) is 3.23. The first-order valence-electron chi connectivity index (χ1n) is 5.89. The Morgan fingerprint density at radius 3 is 3.00 bits per heavy atom. The van der Waals surface area contributed by atoms with Crippen LogP contribution in [0.3, 0.4) is 0 Å². The second-order valence-corrected chi connectivity index (χ2v) is 4.72. The molecule has 2 rings (SSSR count). The smallest absolute Gasteiger partial charge is 0.217 e. The number of hydrogen-bond acceptors (Lipinski definition) is 4. The highest BCUT2D eigenvalue weighted by Gasteiger charge is 2.30. The molecule has 0 aromatic carbocycles. The number of aliphatic hydroxyl groups excluding tert-OH is 1. The average Bonchev–Trinajstić information content (AvgIpc) is 2.64. The molecule has 0 radical (unpaired) electrons. The van der Waals surface area contributed by atoms with Crippen molar-refractivity contribution in [1.82, 2.24) is 20.3 Å². The van der Waals surface area contributed by atoms with E-state index in [0.29, 0.717) is 12.0 Å². The van der Waals surface area contributed by atoms with Crippen molar-refractivity contribution in [1.29, 1.82) is 0 Å². The zero-order valence-corrected chi connectivity index (χ0v) is 10.1. The van der Waals surface area contributed by atoms with E-state index in [1.807, 2.05) is 17.8 Å². The highest BCUT2D eigenvalue weighted by atomic mass is 16.3. The molecule has 1 aromatic rings. The molecule has 1 saturated carbocycles. The summed E-state index contributed by atoms with van der Waals surface area (Å²) in [5.74, 6) is 0.330. The molecule has 94 valence electrons. The number of nitrogens with one attached hydrogen (secondary N) is 1.